The van der Waals surface area contributed by atoms with E-state index < -0.39 is 5.41 Å². The van der Waals surface area contributed by atoms with Crippen LogP contribution in [-0.2, 0) is 19.1 Å². The molecule has 30 heavy (non-hydrogen) atoms. The van der Waals surface area contributed by atoms with Gasteiger partial charge in [-0.3, -0.25) is 9.59 Å². The first-order chi connectivity index (χ1) is 14.1. The highest BCUT2D eigenvalue weighted by molar-refractivity contribution is 5.75. The zero-order chi connectivity index (χ0) is 22.6. The molecule has 2 aromatic rings. The van der Waals surface area contributed by atoms with Gasteiger partial charge in [-0.2, -0.15) is 0 Å². The fourth-order valence-electron chi connectivity index (χ4n) is 2.26. The number of hydrogen-bond donors (Lipinski definition) is 2. The molecule has 0 radical (unpaired) electrons. The van der Waals surface area contributed by atoms with Crippen molar-refractivity contribution in [3.8, 4) is 0 Å². The Hall–Kier alpha value is -2.70. The number of esters is 2. The van der Waals surface area contributed by atoms with Gasteiger partial charge in [0.05, 0.1) is 17.5 Å². The van der Waals surface area contributed by atoms with Crippen LogP contribution in [-0.4, -0.2) is 25.2 Å². The molecule has 2 unspecified atom stereocenters. The van der Waals surface area contributed by atoms with Gasteiger partial charge in [-0.15, -0.1) is 0 Å². The van der Waals surface area contributed by atoms with Gasteiger partial charge in [0.1, 0.15) is 13.2 Å². The Morgan fingerprint density at radius 1 is 0.800 bits per heavy atom. The fraction of sp³-hybridized carbons (Fsp3) is 0.417. The summed E-state index contributed by atoms with van der Waals surface area (Å²) in [7, 11) is 0. The minimum absolute atomic E-state index is 0.212. The van der Waals surface area contributed by atoms with Crippen LogP contribution >= 0.6 is 0 Å². The van der Waals surface area contributed by atoms with E-state index in [0.29, 0.717) is 6.42 Å². The molecule has 2 atom stereocenters. The Balaban J connectivity index is 0.000000303. The van der Waals surface area contributed by atoms with Crippen LogP contribution in [0.4, 0.5) is 0 Å². The van der Waals surface area contributed by atoms with Crippen LogP contribution < -0.4 is 11.5 Å². The summed E-state index contributed by atoms with van der Waals surface area (Å²) in [6.45, 7) is 7.70. The van der Waals surface area contributed by atoms with Crippen molar-refractivity contribution in [2.75, 3.05) is 13.2 Å². The molecule has 0 fully saturated rings. The average molecular weight is 415 g/mol. The van der Waals surface area contributed by atoms with Crippen LogP contribution in [0.1, 0.15) is 57.3 Å². The van der Waals surface area contributed by atoms with Gasteiger partial charge in [0, 0.05) is 6.42 Å². The Kier molecular flexibility index (Phi) is 10.8. The summed E-state index contributed by atoms with van der Waals surface area (Å²) in [6.07, 6.45) is 0.390. The van der Waals surface area contributed by atoms with E-state index >= 15 is 0 Å². The van der Waals surface area contributed by atoms with E-state index in [-0.39, 0.29) is 37.2 Å². The van der Waals surface area contributed by atoms with Crippen LogP contribution in [0, 0.1) is 5.41 Å². The highest BCUT2D eigenvalue weighted by Gasteiger charge is 2.23. The third-order valence-corrected chi connectivity index (χ3v) is 4.17. The SMILES string of the molecule is CC(C)(C)C(=O)OCC(N)c1ccccc1.CCC(=O)OCC(N)c1ccccc1. The van der Waals surface area contributed by atoms with Crippen molar-refractivity contribution >= 4 is 11.9 Å². The quantitative estimate of drug-likeness (QED) is 0.666. The summed E-state index contributed by atoms with van der Waals surface area (Å²) < 4.78 is 10.1. The molecule has 0 heterocycles. The van der Waals surface area contributed by atoms with Crippen molar-refractivity contribution < 1.29 is 19.1 Å². The predicted octanol–water partition coefficient (Wildman–Crippen LogP) is 3.92. The largest absolute Gasteiger partial charge is 0.464 e. The maximum atomic E-state index is 11.5. The topological polar surface area (TPSA) is 105 Å². The number of benzene rings is 2. The van der Waals surface area contributed by atoms with E-state index in [1.165, 1.54) is 0 Å². The van der Waals surface area contributed by atoms with Crippen molar-refractivity contribution in [3.63, 3.8) is 0 Å². The molecule has 0 amide bonds. The molecule has 0 saturated carbocycles. The summed E-state index contributed by atoms with van der Waals surface area (Å²) in [4.78, 5) is 22.4. The van der Waals surface area contributed by atoms with Crippen molar-refractivity contribution in [1.29, 1.82) is 0 Å². The Morgan fingerprint density at radius 3 is 1.57 bits per heavy atom. The van der Waals surface area contributed by atoms with Crippen molar-refractivity contribution in [1.82, 2.24) is 0 Å². The monoisotopic (exact) mass is 414 g/mol. The predicted molar refractivity (Wildman–Crippen MR) is 118 cm³/mol. The molecule has 0 saturated heterocycles. The number of carbonyl (C=O) groups excluding carboxylic acids is 2. The van der Waals surface area contributed by atoms with Crippen molar-refractivity contribution in [2.45, 2.75) is 46.2 Å². The van der Waals surface area contributed by atoms with E-state index in [9.17, 15) is 9.59 Å². The minimum Gasteiger partial charge on any atom is -0.464 e. The summed E-state index contributed by atoms with van der Waals surface area (Å²) >= 11 is 0. The second kappa shape index (κ2) is 12.8. The van der Waals surface area contributed by atoms with E-state index in [2.05, 4.69) is 0 Å². The highest BCUT2D eigenvalue weighted by Crippen LogP contribution is 2.17. The molecule has 0 aromatic heterocycles. The molecule has 0 aliphatic heterocycles. The standard InChI is InChI=1S/C13H19NO2.C11H15NO2/c1-13(2,3)12(15)16-9-11(14)10-7-5-4-6-8-10;1-2-11(13)14-8-10(12)9-6-4-3-5-7-9/h4-8,11H,9,14H2,1-3H3;3-7,10H,2,8,12H2,1H3. The molecular weight excluding hydrogens is 380 g/mol. The Bertz CT molecular complexity index is 758. The van der Waals surface area contributed by atoms with E-state index in [4.69, 9.17) is 20.9 Å². The molecule has 0 aliphatic rings. The van der Waals surface area contributed by atoms with Crippen LogP contribution in [0.2, 0.25) is 0 Å². The molecule has 4 N–H and O–H groups in total. The lowest BCUT2D eigenvalue weighted by Gasteiger charge is -2.19. The van der Waals surface area contributed by atoms with Gasteiger partial charge in [0.25, 0.3) is 0 Å². The van der Waals surface area contributed by atoms with E-state index in [1.807, 2.05) is 81.4 Å². The smallest absolute Gasteiger partial charge is 0.311 e. The number of carbonyl (C=O) groups is 2. The zero-order valence-corrected chi connectivity index (χ0v) is 18.3. The first-order valence-corrected chi connectivity index (χ1v) is 10.1. The second-order valence-corrected chi connectivity index (χ2v) is 7.92. The van der Waals surface area contributed by atoms with Gasteiger partial charge in [-0.1, -0.05) is 67.6 Å². The molecule has 6 nitrogen and oxygen atoms in total. The van der Waals surface area contributed by atoms with Crippen LogP contribution in [0.15, 0.2) is 60.7 Å². The number of nitrogens with two attached hydrogens (primary N) is 2. The lowest BCUT2D eigenvalue weighted by atomic mass is 9.97. The van der Waals surface area contributed by atoms with E-state index in [1.54, 1.807) is 6.92 Å². The van der Waals surface area contributed by atoms with Crippen molar-refractivity contribution in [2.24, 2.45) is 16.9 Å². The number of hydrogen-bond acceptors (Lipinski definition) is 6. The van der Waals surface area contributed by atoms with Gasteiger partial charge >= 0.3 is 11.9 Å². The van der Waals surface area contributed by atoms with Crippen LogP contribution in [0.3, 0.4) is 0 Å². The lowest BCUT2D eigenvalue weighted by Crippen LogP contribution is -2.27. The number of rotatable bonds is 7. The Labute approximate surface area is 179 Å². The molecule has 164 valence electrons. The third-order valence-electron chi connectivity index (χ3n) is 4.17. The third kappa shape index (κ3) is 9.67. The normalized spacial score (nSPS) is 12.7. The molecule has 0 aliphatic carbocycles. The average Bonchev–Trinajstić information content (AvgIpc) is 2.76. The molecular formula is C24H34N2O4. The van der Waals surface area contributed by atoms with Crippen LogP contribution in [0.25, 0.3) is 0 Å². The maximum Gasteiger partial charge on any atom is 0.311 e. The molecule has 6 heteroatoms. The summed E-state index contributed by atoms with van der Waals surface area (Å²) in [5.41, 5.74) is 13.2. The summed E-state index contributed by atoms with van der Waals surface area (Å²) in [6, 6.07) is 18.7. The first-order valence-electron chi connectivity index (χ1n) is 10.1. The van der Waals surface area contributed by atoms with Gasteiger partial charge < -0.3 is 20.9 Å². The maximum absolute atomic E-state index is 11.5. The lowest BCUT2D eigenvalue weighted by molar-refractivity contribution is -0.153. The zero-order valence-electron chi connectivity index (χ0n) is 18.3. The first kappa shape index (κ1) is 25.3. The molecule has 0 spiro atoms. The van der Waals surface area contributed by atoms with Crippen molar-refractivity contribution in [3.05, 3.63) is 71.8 Å². The second-order valence-electron chi connectivity index (χ2n) is 7.92. The minimum atomic E-state index is -0.476. The Morgan fingerprint density at radius 2 is 1.20 bits per heavy atom. The fourth-order valence-corrected chi connectivity index (χ4v) is 2.26. The molecule has 2 rings (SSSR count). The highest BCUT2D eigenvalue weighted by atomic mass is 16.5. The molecule has 2 aromatic carbocycles. The van der Waals surface area contributed by atoms with Crippen LogP contribution in [0.5, 0.6) is 0 Å². The molecule has 0 bridgehead atoms. The summed E-state index contributed by atoms with van der Waals surface area (Å²) in [5, 5.41) is 0. The summed E-state index contributed by atoms with van der Waals surface area (Å²) in [5.74, 6) is -0.435. The van der Waals surface area contributed by atoms with E-state index in [0.717, 1.165) is 11.1 Å². The van der Waals surface area contributed by atoms with Gasteiger partial charge in [-0.05, 0) is 31.9 Å². The van der Waals surface area contributed by atoms with Gasteiger partial charge in [-0.25, -0.2) is 0 Å². The number of ether oxygens (including phenoxy) is 2. The van der Waals surface area contributed by atoms with Gasteiger partial charge in [0.2, 0.25) is 0 Å². The van der Waals surface area contributed by atoms with Gasteiger partial charge in [0.15, 0.2) is 0 Å².